The molecule has 1 heterocycles. The molecule has 0 aromatic heterocycles. The average Bonchev–Trinajstić information content (AvgIpc) is 2.37. The van der Waals surface area contributed by atoms with Gasteiger partial charge in [0.05, 0.1) is 23.8 Å². The summed E-state index contributed by atoms with van der Waals surface area (Å²) < 4.78 is 19.6. The Morgan fingerprint density at radius 3 is 2.90 bits per heavy atom. The third-order valence-corrected chi connectivity index (χ3v) is 3.40. The molecule has 3 nitrogen and oxygen atoms in total. The van der Waals surface area contributed by atoms with Gasteiger partial charge in [-0.2, -0.15) is 0 Å². The maximum atomic E-state index is 13.7. The zero-order valence-corrected chi connectivity index (χ0v) is 12.9. The summed E-state index contributed by atoms with van der Waals surface area (Å²) in [7, 11) is 0. The van der Waals surface area contributed by atoms with E-state index in [0.717, 1.165) is 25.2 Å². The Morgan fingerprint density at radius 2 is 2.24 bits per heavy atom. The fraction of sp³-hybridized carbons (Fsp3) is 0.529. The van der Waals surface area contributed by atoms with E-state index >= 15 is 0 Å². The lowest BCUT2D eigenvalue weighted by atomic mass is 10.0. The highest BCUT2D eigenvalue weighted by Crippen LogP contribution is 2.22. The van der Waals surface area contributed by atoms with Gasteiger partial charge in [-0.15, -0.1) is 0 Å². The molecule has 2 rings (SSSR count). The van der Waals surface area contributed by atoms with Crippen LogP contribution in [0.1, 0.15) is 31.9 Å². The number of hydrogen-bond donors (Lipinski definition) is 1. The monoisotopic (exact) mass is 290 g/mol. The summed E-state index contributed by atoms with van der Waals surface area (Å²) in [5.74, 6) is 5.19. The van der Waals surface area contributed by atoms with Crippen molar-refractivity contribution in [2.24, 2.45) is 5.73 Å². The SMILES string of the molecule is CC1CN(Cc2ccc(F)c(C#CCN)c2)CC(C)(C)O1. The van der Waals surface area contributed by atoms with Crippen LogP contribution in [-0.2, 0) is 11.3 Å². The first kappa shape index (κ1) is 16.0. The molecule has 4 heteroatoms. The van der Waals surface area contributed by atoms with Crippen LogP contribution in [-0.4, -0.2) is 36.2 Å². The Balaban J connectivity index is 2.12. The van der Waals surface area contributed by atoms with Crippen LogP contribution in [0.25, 0.3) is 0 Å². The molecule has 0 amide bonds. The highest BCUT2D eigenvalue weighted by Gasteiger charge is 2.31. The summed E-state index contributed by atoms with van der Waals surface area (Å²) in [6.45, 7) is 9.02. The number of morpholine rings is 1. The van der Waals surface area contributed by atoms with E-state index in [1.165, 1.54) is 6.07 Å². The topological polar surface area (TPSA) is 38.5 Å². The smallest absolute Gasteiger partial charge is 0.138 e. The van der Waals surface area contributed by atoms with Crippen LogP contribution in [0.4, 0.5) is 4.39 Å². The van der Waals surface area contributed by atoms with Gasteiger partial charge in [0.15, 0.2) is 0 Å². The van der Waals surface area contributed by atoms with Crippen LogP contribution >= 0.6 is 0 Å². The molecule has 0 spiro atoms. The predicted molar refractivity (Wildman–Crippen MR) is 82.2 cm³/mol. The second kappa shape index (κ2) is 6.57. The van der Waals surface area contributed by atoms with Crippen molar-refractivity contribution >= 4 is 0 Å². The molecule has 1 saturated heterocycles. The van der Waals surface area contributed by atoms with Crippen molar-refractivity contribution in [2.45, 2.75) is 39.0 Å². The van der Waals surface area contributed by atoms with E-state index in [4.69, 9.17) is 10.5 Å². The summed E-state index contributed by atoms with van der Waals surface area (Å²) in [4.78, 5) is 2.33. The van der Waals surface area contributed by atoms with Crippen molar-refractivity contribution in [3.05, 3.63) is 35.1 Å². The fourth-order valence-corrected chi connectivity index (χ4v) is 2.88. The first-order valence-electron chi connectivity index (χ1n) is 7.27. The van der Waals surface area contributed by atoms with Gasteiger partial charge in [0, 0.05) is 19.6 Å². The number of nitrogens with zero attached hydrogens (tertiary/aromatic N) is 1. The van der Waals surface area contributed by atoms with E-state index in [1.54, 1.807) is 0 Å². The molecule has 2 N–H and O–H groups in total. The highest BCUT2D eigenvalue weighted by molar-refractivity contribution is 5.38. The van der Waals surface area contributed by atoms with Gasteiger partial charge >= 0.3 is 0 Å². The Labute approximate surface area is 126 Å². The van der Waals surface area contributed by atoms with E-state index in [0.29, 0.717) is 5.56 Å². The van der Waals surface area contributed by atoms with E-state index in [2.05, 4.69) is 37.5 Å². The number of ether oxygens (including phenoxy) is 1. The van der Waals surface area contributed by atoms with E-state index in [-0.39, 0.29) is 24.1 Å². The molecule has 0 radical (unpaired) electrons. The minimum atomic E-state index is -0.296. The number of rotatable bonds is 2. The van der Waals surface area contributed by atoms with Crippen LogP contribution in [0, 0.1) is 17.7 Å². The molecule has 1 aromatic rings. The summed E-state index contributed by atoms with van der Waals surface area (Å²) >= 11 is 0. The maximum Gasteiger partial charge on any atom is 0.138 e. The predicted octanol–water partition coefficient (Wildman–Crippen LogP) is 2.14. The lowest BCUT2D eigenvalue weighted by molar-refractivity contribution is -0.130. The first-order chi connectivity index (χ1) is 9.89. The molecule has 21 heavy (non-hydrogen) atoms. The van der Waals surface area contributed by atoms with Gasteiger partial charge in [-0.25, -0.2) is 4.39 Å². The number of nitrogens with two attached hydrogens (primary N) is 1. The fourth-order valence-electron chi connectivity index (χ4n) is 2.88. The minimum Gasteiger partial charge on any atom is -0.370 e. The second-order valence-electron chi connectivity index (χ2n) is 6.18. The third kappa shape index (κ3) is 4.53. The quantitative estimate of drug-likeness (QED) is 0.848. The van der Waals surface area contributed by atoms with Crippen molar-refractivity contribution in [1.82, 2.24) is 4.90 Å². The Kier molecular flexibility index (Phi) is 5.00. The summed E-state index contributed by atoms with van der Waals surface area (Å²) in [6.07, 6.45) is 0.200. The number of halogens is 1. The Bertz CT molecular complexity index is 560. The van der Waals surface area contributed by atoms with Crippen LogP contribution in [0.2, 0.25) is 0 Å². The van der Waals surface area contributed by atoms with E-state index < -0.39 is 0 Å². The second-order valence-corrected chi connectivity index (χ2v) is 6.18. The van der Waals surface area contributed by atoms with Crippen LogP contribution in [0.15, 0.2) is 18.2 Å². The van der Waals surface area contributed by atoms with Gasteiger partial charge in [-0.3, -0.25) is 4.90 Å². The van der Waals surface area contributed by atoms with Crippen molar-refractivity contribution in [2.75, 3.05) is 19.6 Å². The molecule has 1 aliphatic heterocycles. The van der Waals surface area contributed by atoms with Crippen LogP contribution in [0.5, 0.6) is 0 Å². The van der Waals surface area contributed by atoms with Gasteiger partial charge < -0.3 is 10.5 Å². The summed E-state index contributed by atoms with van der Waals surface area (Å²) in [6, 6.07) is 5.10. The molecule has 0 bridgehead atoms. The van der Waals surface area contributed by atoms with Gasteiger partial charge in [-0.05, 0) is 38.5 Å². The summed E-state index contributed by atoms with van der Waals surface area (Å²) in [5, 5.41) is 0. The van der Waals surface area contributed by atoms with Gasteiger partial charge in [0.1, 0.15) is 5.82 Å². The zero-order chi connectivity index (χ0) is 15.5. The minimum absolute atomic E-state index is 0.153. The van der Waals surface area contributed by atoms with Gasteiger partial charge in [0.25, 0.3) is 0 Å². The van der Waals surface area contributed by atoms with Gasteiger partial charge in [0.2, 0.25) is 0 Å². The summed E-state index contributed by atoms with van der Waals surface area (Å²) in [5.41, 5.74) is 6.66. The molecule has 114 valence electrons. The molecule has 0 saturated carbocycles. The zero-order valence-electron chi connectivity index (χ0n) is 12.9. The highest BCUT2D eigenvalue weighted by atomic mass is 19.1. The van der Waals surface area contributed by atoms with Crippen molar-refractivity contribution < 1.29 is 9.13 Å². The van der Waals surface area contributed by atoms with Gasteiger partial charge in [-0.1, -0.05) is 17.9 Å². The third-order valence-electron chi connectivity index (χ3n) is 3.40. The molecule has 1 aromatic carbocycles. The molecule has 1 atom stereocenters. The normalized spacial score (nSPS) is 21.7. The van der Waals surface area contributed by atoms with Crippen molar-refractivity contribution in [3.8, 4) is 11.8 Å². The van der Waals surface area contributed by atoms with Crippen LogP contribution in [0.3, 0.4) is 0 Å². The van der Waals surface area contributed by atoms with E-state index in [1.807, 2.05) is 12.1 Å². The molecule has 1 fully saturated rings. The Morgan fingerprint density at radius 1 is 1.48 bits per heavy atom. The average molecular weight is 290 g/mol. The Hall–Kier alpha value is -1.41. The first-order valence-corrected chi connectivity index (χ1v) is 7.27. The van der Waals surface area contributed by atoms with E-state index in [9.17, 15) is 4.39 Å². The molecule has 1 unspecified atom stereocenters. The molecule has 1 aliphatic rings. The number of hydrogen-bond acceptors (Lipinski definition) is 3. The lowest BCUT2D eigenvalue weighted by Gasteiger charge is -2.41. The van der Waals surface area contributed by atoms with Crippen molar-refractivity contribution in [1.29, 1.82) is 0 Å². The molecular formula is C17H23FN2O. The largest absolute Gasteiger partial charge is 0.370 e. The maximum absolute atomic E-state index is 13.7. The lowest BCUT2D eigenvalue weighted by Crippen LogP contribution is -2.51. The molecule has 0 aliphatic carbocycles. The number of benzene rings is 1. The van der Waals surface area contributed by atoms with Crippen LogP contribution < -0.4 is 5.73 Å². The standard InChI is InChI=1S/C17H23FN2O/c1-13-10-20(12-17(2,3)21-13)11-14-6-7-16(18)15(9-14)5-4-8-19/h6-7,9,13H,8,10-12,19H2,1-3H3. The molecular weight excluding hydrogens is 267 g/mol. The van der Waals surface area contributed by atoms with Crippen molar-refractivity contribution in [3.63, 3.8) is 0 Å².